The molecule has 12 heteroatoms. The number of sulfone groups is 1. The minimum absolute atomic E-state index is 0.0109. The Morgan fingerprint density at radius 1 is 1.48 bits per heavy atom. The Hall–Kier alpha value is -1.20. The molecule has 1 saturated heterocycles. The lowest BCUT2D eigenvalue weighted by Crippen LogP contribution is -3.12. The van der Waals surface area contributed by atoms with Gasteiger partial charge in [-0.25, -0.2) is 8.42 Å². The highest BCUT2D eigenvalue weighted by Gasteiger charge is 2.29. The van der Waals surface area contributed by atoms with Crippen LogP contribution in [0, 0.1) is 4.77 Å². The molecule has 2 atom stereocenters. The van der Waals surface area contributed by atoms with Crippen LogP contribution in [0.5, 0.6) is 0 Å². The maximum absolute atomic E-state index is 12.3. The van der Waals surface area contributed by atoms with Crippen molar-refractivity contribution in [3.63, 3.8) is 0 Å². The van der Waals surface area contributed by atoms with E-state index in [4.69, 9.17) is 35.4 Å². The zero-order chi connectivity index (χ0) is 19.8. The number of pyridine rings is 1. The van der Waals surface area contributed by atoms with Crippen molar-refractivity contribution in [2.24, 2.45) is 0 Å². The molecule has 1 amide bonds. The van der Waals surface area contributed by atoms with E-state index in [1.807, 2.05) is 6.92 Å². The first-order valence-corrected chi connectivity index (χ1v) is 11.4. The number of nitrogens with one attached hydrogen (secondary N) is 2. The predicted octanol–water partition coefficient (Wildman–Crippen LogP) is 0.338. The van der Waals surface area contributed by atoms with E-state index in [0.29, 0.717) is 40.1 Å². The smallest absolute Gasteiger partial charge is 0.275 e. The predicted molar refractivity (Wildman–Crippen MR) is 106 cm³/mol. The first kappa shape index (κ1) is 20.5. The SMILES string of the molecule is CC[NH+](CC(=O)N[C@@H]1CCS(=O)(=O)C1)Cn1nc2c(Cl)cc(Cl)cn2c1=S. The van der Waals surface area contributed by atoms with Crippen LogP contribution in [0.1, 0.15) is 13.3 Å². The maximum atomic E-state index is 12.3. The van der Waals surface area contributed by atoms with Crippen LogP contribution in [0.25, 0.3) is 5.65 Å². The molecule has 2 aromatic heterocycles. The van der Waals surface area contributed by atoms with E-state index in [9.17, 15) is 13.2 Å². The number of nitrogens with zero attached hydrogens (tertiary/aromatic N) is 3. The van der Waals surface area contributed by atoms with Gasteiger partial charge in [-0.2, -0.15) is 4.68 Å². The number of carbonyl (C=O) groups is 1. The van der Waals surface area contributed by atoms with E-state index in [-0.39, 0.29) is 30.0 Å². The average molecular weight is 453 g/mol. The summed E-state index contributed by atoms with van der Waals surface area (Å²) in [5.41, 5.74) is 0.502. The molecule has 2 N–H and O–H groups in total. The number of carbonyl (C=O) groups excluding carboxylic acids is 1. The second kappa shape index (κ2) is 8.04. The minimum Gasteiger partial charge on any atom is -0.347 e. The van der Waals surface area contributed by atoms with Crippen molar-refractivity contribution >= 4 is 56.8 Å². The highest BCUT2D eigenvalue weighted by Crippen LogP contribution is 2.21. The Morgan fingerprint density at radius 2 is 2.22 bits per heavy atom. The molecule has 1 unspecified atom stereocenters. The highest BCUT2D eigenvalue weighted by molar-refractivity contribution is 7.91. The summed E-state index contributed by atoms with van der Waals surface area (Å²) < 4.78 is 26.7. The van der Waals surface area contributed by atoms with Crippen molar-refractivity contribution in [1.29, 1.82) is 0 Å². The number of quaternary nitrogens is 1. The molecule has 0 radical (unpaired) electrons. The van der Waals surface area contributed by atoms with Gasteiger partial charge in [0.2, 0.25) is 4.77 Å². The topological polar surface area (TPSA) is 89.9 Å². The van der Waals surface area contributed by atoms with E-state index in [1.54, 1.807) is 21.3 Å². The molecule has 0 bridgehead atoms. The third-order valence-corrected chi connectivity index (χ3v) is 7.14. The molecule has 8 nitrogen and oxygen atoms in total. The van der Waals surface area contributed by atoms with Crippen molar-refractivity contribution in [3.8, 4) is 0 Å². The minimum atomic E-state index is -3.03. The Kier molecular flexibility index (Phi) is 6.11. The van der Waals surface area contributed by atoms with Gasteiger partial charge in [-0.15, -0.1) is 5.10 Å². The van der Waals surface area contributed by atoms with Crippen LogP contribution in [0.2, 0.25) is 10.0 Å². The number of hydrogen-bond acceptors (Lipinski definition) is 5. The van der Waals surface area contributed by atoms with Gasteiger partial charge < -0.3 is 10.2 Å². The molecule has 3 rings (SSSR count). The molecular weight excluding hydrogens is 433 g/mol. The summed E-state index contributed by atoms with van der Waals surface area (Å²) in [6, 6.07) is 1.29. The van der Waals surface area contributed by atoms with Crippen LogP contribution in [-0.2, 0) is 21.3 Å². The summed E-state index contributed by atoms with van der Waals surface area (Å²) in [5.74, 6) is -0.0517. The van der Waals surface area contributed by atoms with E-state index < -0.39 is 9.84 Å². The maximum Gasteiger partial charge on any atom is 0.275 e. The first-order valence-electron chi connectivity index (χ1n) is 8.46. The number of aromatic nitrogens is 3. The molecule has 27 heavy (non-hydrogen) atoms. The molecular formula is C15H20Cl2N5O3S2+. The molecule has 3 heterocycles. The molecule has 0 saturated carbocycles. The number of hydrogen-bond donors (Lipinski definition) is 2. The number of rotatable bonds is 6. The lowest BCUT2D eigenvalue weighted by molar-refractivity contribution is -0.914. The zero-order valence-corrected chi connectivity index (χ0v) is 17.8. The van der Waals surface area contributed by atoms with Gasteiger partial charge >= 0.3 is 0 Å². The molecule has 148 valence electrons. The molecule has 0 aromatic carbocycles. The van der Waals surface area contributed by atoms with Crippen LogP contribution in [0.15, 0.2) is 12.3 Å². The fourth-order valence-electron chi connectivity index (χ4n) is 3.07. The van der Waals surface area contributed by atoms with E-state index in [2.05, 4.69) is 10.4 Å². The van der Waals surface area contributed by atoms with Gasteiger partial charge in [-0.3, -0.25) is 9.20 Å². The van der Waals surface area contributed by atoms with Gasteiger partial charge in [-0.1, -0.05) is 23.2 Å². The summed E-state index contributed by atoms with van der Waals surface area (Å²) in [5, 5.41) is 8.07. The van der Waals surface area contributed by atoms with Crippen LogP contribution < -0.4 is 10.2 Å². The first-order chi connectivity index (χ1) is 12.7. The van der Waals surface area contributed by atoms with Crippen molar-refractivity contribution < 1.29 is 18.1 Å². The fourth-order valence-corrected chi connectivity index (χ4v) is 5.49. The second-order valence-electron chi connectivity index (χ2n) is 6.59. The number of likely N-dealkylation sites (N-methyl/N-ethyl adjacent to an activating group) is 1. The fraction of sp³-hybridized carbons (Fsp3) is 0.533. The molecule has 0 spiro atoms. The molecule has 0 aliphatic carbocycles. The number of fused-ring (bicyclic) bond motifs is 1. The van der Waals surface area contributed by atoms with E-state index in [0.717, 1.165) is 4.90 Å². The summed E-state index contributed by atoms with van der Waals surface area (Å²) in [6.07, 6.45) is 2.11. The van der Waals surface area contributed by atoms with Gasteiger partial charge in [-0.05, 0) is 31.6 Å². The van der Waals surface area contributed by atoms with Crippen molar-refractivity contribution in [1.82, 2.24) is 19.5 Å². The van der Waals surface area contributed by atoms with Gasteiger partial charge in [0.25, 0.3) is 5.91 Å². The molecule has 2 aromatic rings. The Morgan fingerprint density at radius 3 is 2.85 bits per heavy atom. The Bertz CT molecular complexity index is 1030. The lowest BCUT2D eigenvalue weighted by Gasteiger charge is -2.18. The lowest BCUT2D eigenvalue weighted by atomic mass is 10.2. The Labute approximate surface area is 172 Å². The van der Waals surface area contributed by atoms with Crippen LogP contribution in [0.3, 0.4) is 0 Å². The van der Waals surface area contributed by atoms with Crippen LogP contribution in [0.4, 0.5) is 0 Å². The average Bonchev–Trinajstić information content (AvgIpc) is 3.07. The third kappa shape index (κ3) is 4.80. The molecule has 1 fully saturated rings. The van der Waals surface area contributed by atoms with Gasteiger partial charge in [0.05, 0.1) is 28.1 Å². The summed E-state index contributed by atoms with van der Waals surface area (Å²) in [7, 11) is -3.03. The molecule has 1 aliphatic rings. The van der Waals surface area contributed by atoms with Gasteiger partial charge in [0.15, 0.2) is 28.7 Å². The zero-order valence-electron chi connectivity index (χ0n) is 14.6. The second-order valence-corrected chi connectivity index (χ2v) is 10.0. The normalized spacial score (nSPS) is 20.0. The van der Waals surface area contributed by atoms with Crippen LogP contribution >= 0.6 is 35.4 Å². The monoisotopic (exact) mass is 452 g/mol. The summed E-state index contributed by atoms with van der Waals surface area (Å²) in [4.78, 5) is 13.2. The van der Waals surface area contributed by atoms with Crippen molar-refractivity contribution in [2.75, 3.05) is 24.6 Å². The van der Waals surface area contributed by atoms with Crippen LogP contribution in [-0.4, -0.2) is 59.1 Å². The largest absolute Gasteiger partial charge is 0.347 e. The van der Waals surface area contributed by atoms with Gasteiger partial charge in [0.1, 0.15) is 0 Å². The van der Waals surface area contributed by atoms with Crippen molar-refractivity contribution in [3.05, 3.63) is 27.1 Å². The van der Waals surface area contributed by atoms with Gasteiger partial charge in [0, 0.05) is 12.2 Å². The quantitative estimate of drug-likeness (QED) is 0.616. The standard InChI is InChI=1S/C15H19Cl2N5O3S2/c1-2-20(7-13(23)18-11-3-4-27(24,25)8-11)9-22-15(26)21-6-10(16)5-12(17)14(21)19-22/h5-6,11H,2-4,7-9H2,1H3,(H,18,23)/p+1/t11-/m1/s1. The molecule has 1 aliphatic heterocycles. The Balaban J connectivity index is 1.69. The van der Waals surface area contributed by atoms with Crippen molar-refractivity contribution in [2.45, 2.75) is 26.1 Å². The van der Waals surface area contributed by atoms with E-state index >= 15 is 0 Å². The number of amides is 1. The summed E-state index contributed by atoms with van der Waals surface area (Å²) in [6.45, 7) is 3.19. The number of halogens is 2. The third-order valence-electron chi connectivity index (χ3n) is 4.48. The van der Waals surface area contributed by atoms with E-state index in [1.165, 1.54) is 0 Å². The highest BCUT2D eigenvalue weighted by atomic mass is 35.5. The summed E-state index contributed by atoms with van der Waals surface area (Å²) >= 11 is 17.6.